The molecule has 1 heterocycles. The molecule has 2 amide bonds. The number of benzene rings is 2. The first kappa shape index (κ1) is 23.9. The van der Waals surface area contributed by atoms with E-state index in [4.69, 9.17) is 4.74 Å². The number of carboxylic acids is 1. The summed E-state index contributed by atoms with van der Waals surface area (Å²) in [5.74, 6) is -1.41. The Kier molecular flexibility index (Phi) is 7.35. The van der Waals surface area contributed by atoms with E-state index in [9.17, 15) is 19.5 Å². The topological polar surface area (TPSA) is 131 Å². The second-order valence-corrected chi connectivity index (χ2v) is 8.22. The van der Waals surface area contributed by atoms with Gasteiger partial charge >= 0.3 is 12.1 Å². The fourth-order valence-electron chi connectivity index (χ4n) is 4.15. The average molecular weight is 475 g/mol. The van der Waals surface area contributed by atoms with Gasteiger partial charge in [-0.2, -0.15) is 0 Å². The Morgan fingerprint density at radius 1 is 1.00 bits per heavy atom. The molecule has 0 bridgehead atoms. The van der Waals surface area contributed by atoms with Crippen molar-refractivity contribution in [3.63, 3.8) is 0 Å². The summed E-state index contributed by atoms with van der Waals surface area (Å²) in [6.45, 7) is 2.05. The SMILES string of the molecule is CCC[C@H](NC(=O)c1cnc(CNC(=O)OCC2c3ccccc3-c3ccccc32)nc1)C(=O)O. The largest absolute Gasteiger partial charge is 0.480 e. The van der Waals surface area contributed by atoms with Crippen LogP contribution in [0.3, 0.4) is 0 Å². The van der Waals surface area contributed by atoms with Crippen LogP contribution < -0.4 is 10.6 Å². The number of nitrogens with zero attached hydrogens (tertiary/aromatic N) is 2. The Balaban J connectivity index is 1.30. The number of rotatable bonds is 9. The summed E-state index contributed by atoms with van der Waals surface area (Å²) in [6.07, 6.45) is 2.93. The first-order chi connectivity index (χ1) is 17.0. The number of aliphatic carboxylic acids is 1. The number of fused-ring (bicyclic) bond motifs is 3. The van der Waals surface area contributed by atoms with Crippen molar-refractivity contribution in [2.24, 2.45) is 0 Å². The van der Waals surface area contributed by atoms with Crippen LogP contribution in [0.5, 0.6) is 0 Å². The Labute approximate surface area is 202 Å². The minimum Gasteiger partial charge on any atom is -0.480 e. The number of carbonyl (C=O) groups excluding carboxylic acids is 2. The average Bonchev–Trinajstić information content (AvgIpc) is 3.20. The van der Waals surface area contributed by atoms with Crippen molar-refractivity contribution in [2.45, 2.75) is 38.3 Å². The van der Waals surface area contributed by atoms with Crippen molar-refractivity contribution in [1.82, 2.24) is 20.6 Å². The van der Waals surface area contributed by atoms with E-state index < -0.39 is 24.0 Å². The normalized spacial score (nSPS) is 12.8. The zero-order valence-corrected chi connectivity index (χ0v) is 19.2. The molecule has 9 heteroatoms. The molecule has 1 aromatic heterocycles. The third kappa shape index (κ3) is 5.46. The summed E-state index contributed by atoms with van der Waals surface area (Å²) in [5.41, 5.74) is 4.70. The van der Waals surface area contributed by atoms with Gasteiger partial charge in [-0.3, -0.25) is 4.79 Å². The minimum atomic E-state index is -1.09. The quantitative estimate of drug-likeness (QED) is 0.433. The number of ether oxygens (including phenoxy) is 1. The van der Waals surface area contributed by atoms with E-state index in [1.165, 1.54) is 12.4 Å². The van der Waals surface area contributed by atoms with Crippen LogP contribution in [0.15, 0.2) is 60.9 Å². The maximum Gasteiger partial charge on any atom is 0.407 e. The lowest BCUT2D eigenvalue weighted by molar-refractivity contribution is -0.139. The number of aromatic nitrogens is 2. The van der Waals surface area contributed by atoms with Crippen LogP contribution >= 0.6 is 0 Å². The number of alkyl carbamates (subject to hydrolysis) is 1. The summed E-state index contributed by atoms with van der Waals surface area (Å²) >= 11 is 0. The third-order valence-electron chi connectivity index (χ3n) is 5.88. The maximum absolute atomic E-state index is 12.3. The number of carbonyl (C=O) groups is 3. The van der Waals surface area contributed by atoms with Crippen LogP contribution in [0.4, 0.5) is 4.79 Å². The molecule has 0 radical (unpaired) electrons. The van der Waals surface area contributed by atoms with E-state index in [0.717, 1.165) is 22.3 Å². The van der Waals surface area contributed by atoms with Gasteiger partial charge in [-0.15, -0.1) is 0 Å². The molecule has 3 aromatic rings. The predicted molar refractivity (Wildman–Crippen MR) is 128 cm³/mol. The predicted octanol–water partition coefficient (Wildman–Crippen LogP) is 3.50. The molecule has 0 spiro atoms. The minimum absolute atomic E-state index is 0.0200. The van der Waals surface area contributed by atoms with Crippen molar-refractivity contribution >= 4 is 18.0 Å². The zero-order valence-electron chi connectivity index (χ0n) is 19.2. The summed E-state index contributed by atoms with van der Waals surface area (Å²) in [5, 5.41) is 14.2. The number of nitrogens with one attached hydrogen (secondary N) is 2. The van der Waals surface area contributed by atoms with Gasteiger partial charge in [-0.25, -0.2) is 19.6 Å². The Morgan fingerprint density at radius 3 is 2.17 bits per heavy atom. The van der Waals surface area contributed by atoms with E-state index in [1.54, 1.807) is 0 Å². The highest BCUT2D eigenvalue weighted by molar-refractivity contribution is 5.96. The van der Waals surface area contributed by atoms with Crippen LogP contribution in [-0.2, 0) is 16.1 Å². The van der Waals surface area contributed by atoms with Crippen LogP contribution in [0.1, 0.15) is 53.0 Å². The molecule has 0 saturated heterocycles. The molecule has 9 nitrogen and oxygen atoms in total. The van der Waals surface area contributed by atoms with E-state index in [-0.39, 0.29) is 24.6 Å². The maximum atomic E-state index is 12.3. The highest BCUT2D eigenvalue weighted by atomic mass is 16.5. The monoisotopic (exact) mass is 474 g/mol. The van der Waals surface area contributed by atoms with Crippen molar-refractivity contribution in [2.75, 3.05) is 6.61 Å². The molecule has 0 aliphatic heterocycles. The van der Waals surface area contributed by atoms with Crippen molar-refractivity contribution < 1.29 is 24.2 Å². The van der Waals surface area contributed by atoms with E-state index in [2.05, 4.69) is 32.7 Å². The van der Waals surface area contributed by atoms with Gasteiger partial charge in [0.1, 0.15) is 18.5 Å². The third-order valence-corrected chi connectivity index (χ3v) is 5.88. The summed E-state index contributed by atoms with van der Waals surface area (Å²) < 4.78 is 5.49. The Bertz CT molecular complexity index is 1180. The summed E-state index contributed by atoms with van der Waals surface area (Å²) in [6, 6.07) is 15.2. The van der Waals surface area contributed by atoms with Crippen LogP contribution in [0.25, 0.3) is 11.1 Å². The van der Waals surface area contributed by atoms with Crippen molar-refractivity contribution in [1.29, 1.82) is 0 Å². The van der Waals surface area contributed by atoms with Gasteiger partial charge in [0, 0.05) is 18.3 Å². The fraction of sp³-hybridized carbons (Fsp3) is 0.269. The van der Waals surface area contributed by atoms with Crippen molar-refractivity contribution in [3.05, 3.63) is 83.4 Å². The van der Waals surface area contributed by atoms with Crippen molar-refractivity contribution in [3.8, 4) is 11.1 Å². The van der Waals surface area contributed by atoms with Gasteiger partial charge < -0.3 is 20.5 Å². The molecule has 0 saturated carbocycles. The van der Waals surface area contributed by atoms with Gasteiger partial charge in [-0.1, -0.05) is 61.9 Å². The van der Waals surface area contributed by atoms with Crippen LogP contribution in [0, 0.1) is 0 Å². The van der Waals surface area contributed by atoms with Gasteiger partial charge in [-0.05, 0) is 28.7 Å². The fourth-order valence-corrected chi connectivity index (χ4v) is 4.15. The molecule has 1 aliphatic rings. The number of carboxylic acid groups (broad SMARTS) is 1. The van der Waals surface area contributed by atoms with Crippen LogP contribution in [-0.4, -0.2) is 45.7 Å². The number of amides is 2. The molecule has 4 rings (SSSR count). The van der Waals surface area contributed by atoms with Crippen LogP contribution in [0.2, 0.25) is 0 Å². The lowest BCUT2D eigenvalue weighted by atomic mass is 9.98. The summed E-state index contributed by atoms with van der Waals surface area (Å²) in [4.78, 5) is 43.9. The lowest BCUT2D eigenvalue weighted by Crippen LogP contribution is -2.40. The molecule has 0 unspecified atom stereocenters. The van der Waals surface area contributed by atoms with E-state index >= 15 is 0 Å². The molecule has 180 valence electrons. The molecular weight excluding hydrogens is 448 g/mol. The number of hydrogen-bond acceptors (Lipinski definition) is 6. The second kappa shape index (κ2) is 10.8. The standard InChI is InChI=1S/C26H26N4O5/c1-2-7-22(25(32)33)30-24(31)16-12-27-23(28-13-16)14-29-26(34)35-15-21-19-10-5-3-8-17(19)18-9-4-6-11-20(18)21/h3-6,8-13,21-22H,2,7,14-15H2,1H3,(H,29,34)(H,30,31)(H,32,33)/t22-/m0/s1. The first-order valence-electron chi connectivity index (χ1n) is 11.4. The Morgan fingerprint density at radius 2 is 1.60 bits per heavy atom. The lowest BCUT2D eigenvalue weighted by Gasteiger charge is -2.14. The highest BCUT2D eigenvalue weighted by Crippen LogP contribution is 2.44. The molecule has 35 heavy (non-hydrogen) atoms. The van der Waals surface area contributed by atoms with Gasteiger partial charge in [0.15, 0.2) is 0 Å². The van der Waals surface area contributed by atoms with Gasteiger partial charge in [0.25, 0.3) is 5.91 Å². The molecule has 0 fully saturated rings. The smallest absolute Gasteiger partial charge is 0.407 e. The molecule has 1 atom stereocenters. The van der Waals surface area contributed by atoms with Gasteiger partial charge in [0.2, 0.25) is 0 Å². The summed E-state index contributed by atoms with van der Waals surface area (Å²) in [7, 11) is 0. The highest BCUT2D eigenvalue weighted by Gasteiger charge is 2.29. The molecule has 2 aromatic carbocycles. The Hall–Kier alpha value is -4.27. The number of hydrogen-bond donors (Lipinski definition) is 3. The van der Waals surface area contributed by atoms with E-state index in [1.807, 2.05) is 43.3 Å². The van der Waals surface area contributed by atoms with E-state index in [0.29, 0.717) is 18.7 Å². The molecular formula is C26H26N4O5. The zero-order chi connectivity index (χ0) is 24.8. The second-order valence-electron chi connectivity index (χ2n) is 8.22. The molecule has 1 aliphatic carbocycles. The first-order valence-corrected chi connectivity index (χ1v) is 11.4. The van der Waals surface area contributed by atoms with Gasteiger partial charge in [0.05, 0.1) is 12.1 Å². The molecule has 3 N–H and O–H groups in total.